The third-order valence-corrected chi connectivity index (χ3v) is 4.89. The zero-order valence-corrected chi connectivity index (χ0v) is 15.0. The van der Waals surface area contributed by atoms with Gasteiger partial charge in [-0.25, -0.2) is 0 Å². The molecule has 2 aromatic rings. The van der Waals surface area contributed by atoms with Crippen molar-refractivity contribution in [3.63, 3.8) is 0 Å². The molecule has 0 fully saturated rings. The molecule has 0 aliphatic rings. The average Bonchev–Trinajstić information content (AvgIpc) is 2.55. The van der Waals surface area contributed by atoms with E-state index >= 15 is 0 Å². The number of benzene rings is 2. The predicted molar refractivity (Wildman–Crippen MR) is 97.9 cm³/mol. The van der Waals surface area contributed by atoms with Gasteiger partial charge in [-0.2, -0.15) is 0 Å². The van der Waals surface area contributed by atoms with Gasteiger partial charge < -0.3 is 5.32 Å². The van der Waals surface area contributed by atoms with Crippen LogP contribution in [0.2, 0.25) is 0 Å². The summed E-state index contributed by atoms with van der Waals surface area (Å²) in [6.45, 7) is 2.09. The molecule has 0 aliphatic carbocycles. The van der Waals surface area contributed by atoms with Crippen molar-refractivity contribution in [1.82, 2.24) is 5.32 Å². The number of rotatable bonds is 7. The Morgan fingerprint density at radius 3 is 2.45 bits per heavy atom. The molecule has 0 heterocycles. The van der Waals surface area contributed by atoms with Crippen LogP contribution >= 0.6 is 27.7 Å². The summed E-state index contributed by atoms with van der Waals surface area (Å²) in [5.74, 6) is 1.43. The second-order valence-corrected chi connectivity index (χ2v) is 6.96. The number of carbonyl (C=O) groups excluding carboxylic acids is 1. The molecule has 2 nitrogen and oxygen atoms in total. The van der Waals surface area contributed by atoms with Crippen LogP contribution in [0, 0.1) is 0 Å². The highest BCUT2D eigenvalue weighted by Crippen LogP contribution is 2.18. The molecule has 2 aromatic carbocycles. The largest absolute Gasteiger partial charge is 0.349 e. The van der Waals surface area contributed by atoms with E-state index in [-0.39, 0.29) is 11.9 Å². The zero-order chi connectivity index (χ0) is 15.8. The number of carbonyl (C=O) groups is 1. The average molecular weight is 378 g/mol. The fourth-order valence-corrected chi connectivity index (χ4v) is 3.25. The first kappa shape index (κ1) is 17.1. The lowest BCUT2D eigenvalue weighted by atomic mass is 10.0. The van der Waals surface area contributed by atoms with Crippen LogP contribution in [0.3, 0.4) is 0 Å². The van der Waals surface area contributed by atoms with E-state index in [0.717, 1.165) is 22.2 Å². The zero-order valence-electron chi connectivity index (χ0n) is 12.6. The van der Waals surface area contributed by atoms with Gasteiger partial charge in [0.15, 0.2) is 0 Å². The van der Waals surface area contributed by atoms with Gasteiger partial charge >= 0.3 is 0 Å². The van der Waals surface area contributed by atoms with E-state index in [4.69, 9.17) is 0 Å². The van der Waals surface area contributed by atoms with Crippen molar-refractivity contribution in [1.29, 1.82) is 0 Å². The van der Waals surface area contributed by atoms with Gasteiger partial charge in [-0.05, 0) is 29.7 Å². The maximum absolute atomic E-state index is 12.1. The van der Waals surface area contributed by atoms with E-state index in [9.17, 15) is 4.79 Å². The molecular formula is C18H20BrNOS. The van der Waals surface area contributed by atoms with E-state index in [0.29, 0.717) is 5.75 Å². The minimum atomic E-state index is 0.0952. The van der Waals surface area contributed by atoms with Crippen LogP contribution in [0.1, 0.15) is 30.5 Å². The van der Waals surface area contributed by atoms with Crippen molar-refractivity contribution in [2.24, 2.45) is 0 Å². The summed E-state index contributed by atoms with van der Waals surface area (Å²) in [6, 6.07) is 18.4. The fourth-order valence-electron chi connectivity index (χ4n) is 2.18. The Labute approximate surface area is 144 Å². The quantitative estimate of drug-likeness (QED) is 0.739. The number of hydrogen-bond donors (Lipinski definition) is 1. The molecule has 0 bridgehead atoms. The van der Waals surface area contributed by atoms with E-state index in [2.05, 4.69) is 52.4 Å². The van der Waals surface area contributed by atoms with Crippen molar-refractivity contribution in [3.05, 3.63) is 70.2 Å². The van der Waals surface area contributed by atoms with Crippen LogP contribution in [-0.2, 0) is 10.5 Å². The van der Waals surface area contributed by atoms with E-state index < -0.39 is 0 Å². The third kappa shape index (κ3) is 5.50. The van der Waals surface area contributed by atoms with Crippen molar-refractivity contribution in [2.45, 2.75) is 25.1 Å². The fraction of sp³-hybridized carbons (Fsp3) is 0.278. The summed E-state index contributed by atoms with van der Waals surface area (Å²) in [4.78, 5) is 12.1. The molecule has 0 radical (unpaired) electrons. The first-order chi connectivity index (χ1) is 10.7. The molecule has 0 aromatic heterocycles. The Kier molecular flexibility index (Phi) is 7.00. The van der Waals surface area contributed by atoms with Crippen LogP contribution in [0.25, 0.3) is 0 Å². The van der Waals surface area contributed by atoms with Gasteiger partial charge in [0, 0.05) is 10.2 Å². The molecule has 4 heteroatoms. The Hall–Kier alpha value is -1.26. The lowest BCUT2D eigenvalue weighted by molar-refractivity contribution is -0.119. The maximum Gasteiger partial charge on any atom is 0.230 e. The van der Waals surface area contributed by atoms with E-state index in [1.54, 1.807) is 11.8 Å². The number of halogens is 1. The lowest BCUT2D eigenvalue weighted by Crippen LogP contribution is -2.29. The number of nitrogens with one attached hydrogen (secondary N) is 1. The van der Waals surface area contributed by atoms with Crippen LogP contribution in [0.4, 0.5) is 0 Å². The highest BCUT2D eigenvalue weighted by Gasteiger charge is 2.12. The van der Waals surface area contributed by atoms with Crippen molar-refractivity contribution < 1.29 is 4.79 Å². The topological polar surface area (TPSA) is 29.1 Å². The van der Waals surface area contributed by atoms with Crippen molar-refractivity contribution in [3.8, 4) is 0 Å². The molecule has 1 N–H and O–H groups in total. The number of hydrogen-bond acceptors (Lipinski definition) is 2. The summed E-state index contributed by atoms with van der Waals surface area (Å²) in [5.41, 5.74) is 2.40. The Balaban J connectivity index is 1.78. The molecule has 22 heavy (non-hydrogen) atoms. The highest BCUT2D eigenvalue weighted by atomic mass is 79.9. The number of amides is 1. The molecule has 0 spiro atoms. The third-order valence-electron chi connectivity index (χ3n) is 3.36. The summed E-state index contributed by atoms with van der Waals surface area (Å²) in [6.07, 6.45) is 0.896. The molecule has 1 atom stereocenters. The second-order valence-electron chi connectivity index (χ2n) is 5.06. The summed E-state index contributed by atoms with van der Waals surface area (Å²) < 4.78 is 1.08. The van der Waals surface area contributed by atoms with Crippen LogP contribution in [0.15, 0.2) is 59.1 Å². The molecule has 2 rings (SSSR count). The lowest BCUT2D eigenvalue weighted by Gasteiger charge is -2.17. The van der Waals surface area contributed by atoms with Crippen molar-refractivity contribution >= 4 is 33.6 Å². The van der Waals surface area contributed by atoms with Gasteiger partial charge in [0.05, 0.1) is 11.8 Å². The molecular weight excluding hydrogens is 358 g/mol. The second kappa shape index (κ2) is 9.01. The van der Waals surface area contributed by atoms with Gasteiger partial charge in [0.25, 0.3) is 0 Å². The predicted octanol–water partition coefficient (Wildman–Crippen LogP) is 4.95. The maximum atomic E-state index is 12.1. The van der Waals surface area contributed by atoms with Crippen molar-refractivity contribution in [2.75, 3.05) is 5.75 Å². The van der Waals surface area contributed by atoms with Crippen LogP contribution in [-0.4, -0.2) is 11.7 Å². The van der Waals surface area contributed by atoms with Crippen LogP contribution in [0.5, 0.6) is 0 Å². The first-order valence-electron chi connectivity index (χ1n) is 7.35. The van der Waals surface area contributed by atoms with Gasteiger partial charge in [-0.3, -0.25) is 4.79 Å². The van der Waals surface area contributed by atoms with E-state index in [1.165, 1.54) is 5.56 Å². The smallest absolute Gasteiger partial charge is 0.230 e. The molecule has 0 saturated heterocycles. The van der Waals surface area contributed by atoms with Crippen LogP contribution < -0.4 is 5.32 Å². The monoisotopic (exact) mass is 377 g/mol. The number of thioether (sulfide) groups is 1. The highest BCUT2D eigenvalue weighted by molar-refractivity contribution is 9.10. The first-order valence-corrected chi connectivity index (χ1v) is 9.30. The molecule has 0 saturated carbocycles. The van der Waals surface area contributed by atoms with Gasteiger partial charge in [-0.1, -0.05) is 65.3 Å². The normalized spacial score (nSPS) is 11.9. The minimum absolute atomic E-state index is 0.0952. The Bertz CT molecular complexity index is 586. The molecule has 116 valence electrons. The summed E-state index contributed by atoms with van der Waals surface area (Å²) in [7, 11) is 0. The SMILES string of the molecule is CC[C@@H](NC(=O)CSCc1ccc(Br)cc1)c1ccccc1. The summed E-state index contributed by atoms with van der Waals surface area (Å²) in [5, 5.41) is 3.11. The molecule has 1 amide bonds. The summed E-state index contributed by atoms with van der Waals surface area (Å²) >= 11 is 5.06. The molecule has 0 aliphatic heterocycles. The van der Waals surface area contributed by atoms with Gasteiger partial charge in [-0.15, -0.1) is 11.8 Å². The van der Waals surface area contributed by atoms with Gasteiger partial charge in [0.2, 0.25) is 5.91 Å². The Morgan fingerprint density at radius 1 is 1.14 bits per heavy atom. The molecule has 0 unspecified atom stereocenters. The van der Waals surface area contributed by atoms with Gasteiger partial charge in [0.1, 0.15) is 0 Å². The minimum Gasteiger partial charge on any atom is -0.349 e. The Morgan fingerprint density at radius 2 is 1.82 bits per heavy atom. The standard InChI is InChI=1S/C18H20BrNOS/c1-2-17(15-6-4-3-5-7-15)20-18(21)13-22-12-14-8-10-16(19)11-9-14/h3-11,17H,2,12-13H2,1H3,(H,20,21)/t17-/m1/s1. The van der Waals surface area contributed by atoms with E-state index in [1.807, 2.05) is 30.3 Å².